The maximum Gasteiger partial charge on any atom is 0.336 e. The molecule has 0 aromatic heterocycles. The van der Waals surface area contributed by atoms with Crippen LogP contribution >= 0.6 is 0 Å². The molecule has 0 radical (unpaired) electrons. The van der Waals surface area contributed by atoms with Crippen molar-refractivity contribution in [2.45, 2.75) is 40.4 Å². The molecule has 2 amide bonds. The summed E-state index contributed by atoms with van der Waals surface area (Å²) >= 11 is 0. The molecule has 0 spiro atoms. The Bertz CT molecular complexity index is 3110. The number of imide groups is 1. The van der Waals surface area contributed by atoms with E-state index in [-0.39, 0.29) is 53.5 Å². The lowest BCUT2D eigenvalue weighted by Crippen LogP contribution is -2.42. The molecule has 2 saturated heterocycles. The topological polar surface area (TPSA) is 209 Å². The van der Waals surface area contributed by atoms with E-state index >= 15 is 0 Å². The zero-order chi connectivity index (χ0) is 44.1. The third-order valence-electron chi connectivity index (χ3n) is 11.2. The highest BCUT2D eigenvalue weighted by atomic mass is 32.2. The number of carbonyl (C=O) groups is 3. The maximum atomic E-state index is 14.6. The summed E-state index contributed by atoms with van der Waals surface area (Å²) in [6, 6.07) is 29.5. The van der Waals surface area contributed by atoms with Crippen molar-refractivity contribution in [1.82, 2.24) is 13.9 Å². The Kier molecular flexibility index (Phi) is 11.3. The minimum atomic E-state index is -4.41. The van der Waals surface area contributed by atoms with E-state index in [4.69, 9.17) is 9.25 Å². The van der Waals surface area contributed by atoms with E-state index in [1.165, 1.54) is 34.6 Å². The Balaban J connectivity index is 1.21. The lowest BCUT2D eigenvalue weighted by atomic mass is 9.93. The van der Waals surface area contributed by atoms with Crippen LogP contribution in [-0.2, 0) is 50.1 Å². The summed E-state index contributed by atoms with van der Waals surface area (Å²) in [5.41, 5.74) is 3.89. The van der Waals surface area contributed by atoms with Crippen molar-refractivity contribution >= 4 is 76.7 Å². The van der Waals surface area contributed by atoms with Gasteiger partial charge in [0.25, 0.3) is 21.9 Å². The van der Waals surface area contributed by atoms with E-state index < -0.39 is 54.5 Å². The summed E-state index contributed by atoms with van der Waals surface area (Å²) in [5, 5.41) is 1.72. The average Bonchev–Trinajstić information content (AvgIpc) is 3.59. The molecule has 62 heavy (non-hydrogen) atoms. The molecule has 0 saturated carbocycles. The zero-order valence-corrected chi connectivity index (χ0v) is 35.7. The molecule has 8 rings (SSSR count). The molecule has 1 N–H and O–H groups in total. The van der Waals surface area contributed by atoms with Crippen molar-refractivity contribution < 1.29 is 53.4 Å². The number of amides is 2. The van der Waals surface area contributed by atoms with Gasteiger partial charge in [0, 0.05) is 90.7 Å². The van der Waals surface area contributed by atoms with E-state index in [1.807, 2.05) is 36.2 Å². The molecule has 4 aliphatic rings. The molecule has 16 nitrogen and oxygen atoms in total. The number of carbonyl (C=O) groups excluding carboxylic acids is 3. The van der Waals surface area contributed by atoms with Crippen LogP contribution in [0, 0.1) is 5.92 Å². The van der Waals surface area contributed by atoms with Crippen LogP contribution in [0.5, 0.6) is 0 Å². The number of hydrogen-bond acceptors (Lipinski definition) is 12. The van der Waals surface area contributed by atoms with Crippen molar-refractivity contribution in [1.29, 1.82) is 0 Å². The second kappa shape index (κ2) is 16.6. The van der Waals surface area contributed by atoms with Crippen molar-refractivity contribution in [3.63, 3.8) is 0 Å². The number of anilines is 2. The van der Waals surface area contributed by atoms with Crippen LogP contribution < -0.4 is 14.8 Å². The lowest BCUT2D eigenvalue weighted by Gasteiger charge is -2.31. The first-order valence-corrected chi connectivity index (χ1v) is 23.4. The van der Waals surface area contributed by atoms with Gasteiger partial charge in [-0.2, -0.15) is 17.3 Å². The number of rotatable bonds is 10. The summed E-state index contributed by atoms with van der Waals surface area (Å²) in [6.07, 6.45) is 0.128. The summed E-state index contributed by atoms with van der Waals surface area (Å²) < 4.78 is 94.9. The lowest BCUT2D eigenvalue weighted by molar-refractivity contribution is -0.201. The van der Waals surface area contributed by atoms with Gasteiger partial charge in [-0.15, -0.1) is 5.06 Å². The van der Waals surface area contributed by atoms with Gasteiger partial charge in [-0.25, -0.2) is 21.6 Å². The van der Waals surface area contributed by atoms with Gasteiger partial charge in [-0.1, -0.05) is 18.2 Å². The van der Waals surface area contributed by atoms with Gasteiger partial charge < -0.3 is 14.2 Å². The van der Waals surface area contributed by atoms with Gasteiger partial charge in [-0.3, -0.25) is 14.1 Å². The molecule has 19 heteroatoms. The third-order valence-corrected chi connectivity index (χ3v) is 14.7. The Morgan fingerprint density at radius 3 is 2.11 bits per heavy atom. The largest absolute Gasteiger partial charge is 0.456 e. The van der Waals surface area contributed by atoms with Crippen molar-refractivity contribution in [3.05, 3.63) is 115 Å². The van der Waals surface area contributed by atoms with E-state index in [9.17, 15) is 44.2 Å². The fourth-order valence-corrected chi connectivity index (χ4v) is 10.2. The van der Waals surface area contributed by atoms with Crippen LogP contribution in [0.25, 0.3) is 33.4 Å². The molecule has 4 aromatic carbocycles. The van der Waals surface area contributed by atoms with Crippen LogP contribution in [0.1, 0.15) is 25.7 Å². The number of piperidine rings is 1. The van der Waals surface area contributed by atoms with Gasteiger partial charge in [0.05, 0.1) is 26.7 Å². The van der Waals surface area contributed by atoms with Crippen LogP contribution in [0.15, 0.2) is 128 Å². The first-order valence-electron chi connectivity index (χ1n) is 19.3. The van der Waals surface area contributed by atoms with Gasteiger partial charge in [0.1, 0.15) is 18.4 Å². The van der Waals surface area contributed by atoms with Gasteiger partial charge in [0.2, 0.25) is 21.1 Å². The predicted molar refractivity (Wildman–Crippen MR) is 227 cm³/mol. The number of thiol groups is 1. The first-order chi connectivity index (χ1) is 29.5. The SMILES string of the molecule is CN(c1ccc([SH](=O)=O)cc1)c1ccc2c(-c3ccccc3S(=O)(=O)N3CCC(C(=O)ON4C(=O)CCC4=O)CC3)c3cc/c(=[N+](/C)c4ccc(S(=O)(=O)O)cc4)cc-3oc2c1. The highest BCUT2D eigenvalue weighted by Crippen LogP contribution is 2.44. The molecule has 2 fully saturated rings. The highest BCUT2D eigenvalue weighted by molar-refractivity contribution is 7.89. The van der Waals surface area contributed by atoms with Gasteiger partial charge >= 0.3 is 5.97 Å². The van der Waals surface area contributed by atoms with E-state index in [1.54, 1.807) is 66.2 Å². The third kappa shape index (κ3) is 8.12. The summed E-state index contributed by atoms with van der Waals surface area (Å²) in [6.45, 7) is -0.0420. The number of hydrogen-bond donors (Lipinski definition) is 2. The standard InChI is InChI=1S/C43H38N4O12S3/c1-44(28-7-13-32(14-8-28)60(51)52)30-11-17-34-37(25-30)58-38-26-31(45(2)29-9-15-33(16-10-29)62(55,56)57)12-18-35(38)42(34)36-5-3-4-6-39(36)61(53,54)46-23-21-27(22-24-46)43(50)59-47-40(48)19-20-41(47)49/h3-18,25-27,60H,19-24H2,1-2H3/p+1. The zero-order valence-electron chi connectivity index (χ0n) is 33.2. The molecule has 3 aliphatic heterocycles. The van der Waals surface area contributed by atoms with Gasteiger partial charge in [0.15, 0.2) is 10.7 Å². The molecular weight excluding hydrogens is 861 g/mol. The molecular formula is C43H39N4O12S3+. The monoisotopic (exact) mass is 899 g/mol. The quantitative estimate of drug-likeness (QED) is 0.0616. The van der Waals surface area contributed by atoms with Crippen LogP contribution in [0.2, 0.25) is 0 Å². The smallest absolute Gasteiger partial charge is 0.336 e. The summed E-state index contributed by atoms with van der Waals surface area (Å²) in [7, 11) is -7.78. The second-order valence-corrected chi connectivity index (χ2v) is 19.2. The average molecular weight is 900 g/mol. The fraction of sp³-hybridized carbons (Fsp3) is 0.209. The van der Waals surface area contributed by atoms with Crippen molar-refractivity contribution in [2.24, 2.45) is 5.92 Å². The van der Waals surface area contributed by atoms with Crippen LogP contribution in [0.4, 0.5) is 17.1 Å². The summed E-state index contributed by atoms with van der Waals surface area (Å²) in [4.78, 5) is 43.9. The van der Waals surface area contributed by atoms with E-state index in [2.05, 4.69) is 0 Å². The molecule has 0 bridgehead atoms. The molecule has 320 valence electrons. The van der Waals surface area contributed by atoms with Gasteiger partial charge in [-0.05, 0) is 73.5 Å². The number of sulfonamides is 1. The molecule has 4 aromatic rings. The van der Waals surface area contributed by atoms with E-state index in [0.29, 0.717) is 60.9 Å². The van der Waals surface area contributed by atoms with E-state index in [0.717, 1.165) is 0 Å². The Morgan fingerprint density at radius 1 is 0.823 bits per heavy atom. The molecule has 1 aliphatic carbocycles. The number of hydroxylamine groups is 2. The van der Waals surface area contributed by atoms with Crippen LogP contribution in [0.3, 0.4) is 0 Å². The molecule has 3 heterocycles. The van der Waals surface area contributed by atoms with Crippen molar-refractivity contribution in [3.8, 4) is 22.5 Å². The summed E-state index contributed by atoms with van der Waals surface area (Å²) in [5.74, 6) is -2.30. The Labute approximate surface area is 357 Å². The normalized spacial score (nSPS) is 16.0. The second-order valence-electron chi connectivity index (χ2n) is 14.9. The first kappa shape index (κ1) is 42.4. The Morgan fingerprint density at radius 2 is 1.47 bits per heavy atom. The number of nitrogens with zero attached hydrogens (tertiary/aromatic N) is 4. The maximum absolute atomic E-state index is 14.6. The number of benzene rings is 5. The minimum absolute atomic E-state index is 0.0150. The molecule has 0 atom stereocenters. The highest BCUT2D eigenvalue weighted by Gasteiger charge is 2.38. The minimum Gasteiger partial charge on any atom is -0.456 e. The predicted octanol–water partition coefficient (Wildman–Crippen LogP) is 4.93. The van der Waals surface area contributed by atoms with Crippen LogP contribution in [-0.4, -0.2) is 84.1 Å². The number of fused-ring (bicyclic) bond motifs is 2. The van der Waals surface area contributed by atoms with Crippen molar-refractivity contribution in [2.75, 3.05) is 32.1 Å². The Hall–Kier alpha value is -6.25. The fourth-order valence-electron chi connectivity index (χ4n) is 7.70. The molecule has 0 unspecified atom stereocenters.